The molecule has 1 aromatic heterocycles. The summed E-state index contributed by atoms with van der Waals surface area (Å²) < 4.78 is 5.07. The smallest absolute Gasteiger partial charge is 0.142 e. The number of aldehydes is 1. The molecule has 0 aliphatic carbocycles. The van der Waals surface area contributed by atoms with Crippen molar-refractivity contribution < 1.29 is 9.21 Å². The maximum absolute atomic E-state index is 9.85. The van der Waals surface area contributed by atoms with E-state index in [4.69, 9.17) is 4.42 Å². The van der Waals surface area contributed by atoms with E-state index in [-0.39, 0.29) is 0 Å². The predicted octanol–water partition coefficient (Wildman–Crippen LogP) is 8.80. The Balaban J connectivity index is 0. The zero-order valence-electron chi connectivity index (χ0n) is 19.7. The summed E-state index contributed by atoms with van der Waals surface area (Å²) in [5.41, 5.74) is 0. The van der Waals surface area contributed by atoms with Gasteiger partial charge in [-0.25, -0.2) is 0 Å². The van der Waals surface area contributed by atoms with Gasteiger partial charge in [0.05, 0.1) is 6.26 Å². The summed E-state index contributed by atoms with van der Waals surface area (Å²) in [4.78, 5) is 9.85. The fourth-order valence-corrected chi connectivity index (χ4v) is 3.13. The topological polar surface area (TPSA) is 30.2 Å². The fourth-order valence-electron chi connectivity index (χ4n) is 3.13. The lowest BCUT2D eigenvalue weighted by atomic mass is 9.95. The first-order valence-electron chi connectivity index (χ1n) is 11.6. The molecular weight excluding hydrogens is 344 g/mol. The van der Waals surface area contributed by atoms with Crippen LogP contribution in [0.25, 0.3) is 0 Å². The minimum atomic E-state index is 0.839. The molecular formula is C26H48O2. The van der Waals surface area contributed by atoms with Crippen LogP contribution in [0.2, 0.25) is 0 Å². The molecule has 2 nitrogen and oxygen atoms in total. The molecule has 0 fully saturated rings. The maximum atomic E-state index is 9.85. The molecule has 28 heavy (non-hydrogen) atoms. The van der Waals surface area contributed by atoms with Crippen LogP contribution in [0.15, 0.2) is 35.0 Å². The zero-order valence-corrected chi connectivity index (χ0v) is 19.7. The number of rotatable bonds is 13. The second-order valence-corrected chi connectivity index (χ2v) is 8.12. The standard InChI is InChI=1S/C10H18O.C9H20.C7H10O/c1-2-3-4-5-6-7-8-9-10-11;1-5-6-9(4)7-8(2)3;1-2-4-7-5-3-6-8-7/h8-10H,2-7H2,1H3;8-9H,5-7H2,1-4H3;3,5-6H,2,4H2,1H3/b9-8-;;. The van der Waals surface area contributed by atoms with E-state index in [9.17, 15) is 4.79 Å². The minimum Gasteiger partial charge on any atom is -0.469 e. The summed E-state index contributed by atoms with van der Waals surface area (Å²) in [6.07, 6.45) is 20.0. The molecule has 1 aromatic rings. The quantitative estimate of drug-likeness (QED) is 0.191. The number of allylic oxidation sites excluding steroid dienone is 2. The lowest BCUT2D eigenvalue weighted by Gasteiger charge is -2.11. The molecule has 0 aliphatic rings. The molecule has 0 aromatic carbocycles. The Morgan fingerprint density at radius 2 is 1.68 bits per heavy atom. The van der Waals surface area contributed by atoms with Crippen LogP contribution in [0.3, 0.4) is 0 Å². The van der Waals surface area contributed by atoms with E-state index < -0.39 is 0 Å². The van der Waals surface area contributed by atoms with Crippen molar-refractivity contribution in [3.8, 4) is 0 Å². The third-order valence-electron chi connectivity index (χ3n) is 4.42. The van der Waals surface area contributed by atoms with Gasteiger partial charge < -0.3 is 4.42 Å². The van der Waals surface area contributed by atoms with E-state index in [1.165, 1.54) is 51.4 Å². The number of furan rings is 1. The molecule has 164 valence electrons. The van der Waals surface area contributed by atoms with Gasteiger partial charge in [-0.2, -0.15) is 0 Å². The molecule has 0 spiro atoms. The normalized spacial score (nSPS) is 11.5. The maximum Gasteiger partial charge on any atom is 0.142 e. The van der Waals surface area contributed by atoms with Crippen molar-refractivity contribution in [3.63, 3.8) is 0 Å². The highest BCUT2D eigenvalue weighted by molar-refractivity contribution is 5.64. The molecule has 0 amide bonds. The third-order valence-corrected chi connectivity index (χ3v) is 4.42. The van der Waals surface area contributed by atoms with Gasteiger partial charge in [-0.05, 0) is 55.7 Å². The zero-order chi connectivity index (χ0) is 21.5. The Morgan fingerprint density at radius 3 is 2.18 bits per heavy atom. The predicted molar refractivity (Wildman–Crippen MR) is 125 cm³/mol. The molecule has 1 unspecified atom stereocenters. The van der Waals surface area contributed by atoms with Gasteiger partial charge in [0.15, 0.2) is 0 Å². The highest BCUT2D eigenvalue weighted by atomic mass is 16.3. The molecule has 0 saturated heterocycles. The van der Waals surface area contributed by atoms with Crippen LogP contribution < -0.4 is 0 Å². The molecule has 0 saturated carbocycles. The van der Waals surface area contributed by atoms with Gasteiger partial charge in [-0.3, -0.25) is 4.79 Å². The van der Waals surface area contributed by atoms with Crippen LogP contribution >= 0.6 is 0 Å². The first-order valence-corrected chi connectivity index (χ1v) is 11.6. The van der Waals surface area contributed by atoms with Crippen molar-refractivity contribution in [2.24, 2.45) is 11.8 Å². The van der Waals surface area contributed by atoms with Crippen LogP contribution in [-0.4, -0.2) is 6.29 Å². The van der Waals surface area contributed by atoms with Gasteiger partial charge in [0.2, 0.25) is 0 Å². The van der Waals surface area contributed by atoms with Crippen molar-refractivity contribution in [1.29, 1.82) is 0 Å². The second kappa shape index (κ2) is 23.7. The van der Waals surface area contributed by atoms with Gasteiger partial charge >= 0.3 is 0 Å². The largest absolute Gasteiger partial charge is 0.469 e. The Bertz CT molecular complexity index is 418. The monoisotopic (exact) mass is 392 g/mol. The lowest BCUT2D eigenvalue weighted by molar-refractivity contribution is -0.104. The first-order chi connectivity index (χ1) is 13.5. The summed E-state index contributed by atoms with van der Waals surface area (Å²) in [6.45, 7) is 13.6. The highest BCUT2D eigenvalue weighted by Crippen LogP contribution is 2.15. The second-order valence-electron chi connectivity index (χ2n) is 8.12. The molecule has 0 radical (unpaired) electrons. The van der Waals surface area contributed by atoms with Gasteiger partial charge in [0, 0.05) is 6.42 Å². The van der Waals surface area contributed by atoms with Gasteiger partial charge in [-0.15, -0.1) is 0 Å². The summed E-state index contributed by atoms with van der Waals surface area (Å²) in [5.74, 6) is 2.91. The van der Waals surface area contributed by atoms with Crippen molar-refractivity contribution in [3.05, 3.63) is 36.3 Å². The van der Waals surface area contributed by atoms with Crippen LogP contribution in [-0.2, 0) is 11.2 Å². The highest BCUT2D eigenvalue weighted by Gasteiger charge is 2.02. The Morgan fingerprint density at radius 1 is 0.964 bits per heavy atom. The van der Waals surface area contributed by atoms with Crippen molar-refractivity contribution >= 4 is 6.29 Å². The van der Waals surface area contributed by atoms with Gasteiger partial charge in [0.25, 0.3) is 0 Å². The van der Waals surface area contributed by atoms with Gasteiger partial charge in [0.1, 0.15) is 12.0 Å². The van der Waals surface area contributed by atoms with Crippen molar-refractivity contribution in [2.45, 2.75) is 112 Å². The molecule has 1 rings (SSSR count). The fraction of sp³-hybridized carbons (Fsp3) is 0.731. The summed E-state index contributed by atoms with van der Waals surface area (Å²) in [5, 5.41) is 0. The summed E-state index contributed by atoms with van der Waals surface area (Å²) >= 11 is 0. The number of hydrogen-bond acceptors (Lipinski definition) is 2. The van der Waals surface area contributed by atoms with E-state index in [2.05, 4.69) is 41.5 Å². The summed E-state index contributed by atoms with van der Waals surface area (Å²) in [6, 6.07) is 3.93. The number of aryl methyl sites for hydroxylation is 1. The molecule has 0 bridgehead atoms. The molecule has 0 aliphatic heterocycles. The van der Waals surface area contributed by atoms with E-state index in [0.29, 0.717) is 0 Å². The van der Waals surface area contributed by atoms with E-state index in [1.54, 1.807) is 12.3 Å². The molecule has 1 atom stereocenters. The van der Waals surface area contributed by atoms with Crippen molar-refractivity contribution in [2.75, 3.05) is 0 Å². The number of carbonyl (C=O) groups is 1. The van der Waals surface area contributed by atoms with Gasteiger partial charge in [-0.1, -0.05) is 86.1 Å². The average Bonchev–Trinajstić information content (AvgIpc) is 3.15. The van der Waals surface area contributed by atoms with Crippen LogP contribution in [0.4, 0.5) is 0 Å². The third kappa shape index (κ3) is 24.7. The summed E-state index contributed by atoms with van der Waals surface area (Å²) in [7, 11) is 0. The minimum absolute atomic E-state index is 0.839. The lowest BCUT2D eigenvalue weighted by Crippen LogP contribution is -1.98. The number of hydrogen-bond donors (Lipinski definition) is 0. The Hall–Kier alpha value is -1.31. The first kappa shape index (κ1) is 28.9. The van der Waals surface area contributed by atoms with E-state index >= 15 is 0 Å². The van der Waals surface area contributed by atoms with Crippen LogP contribution in [0.1, 0.15) is 112 Å². The van der Waals surface area contributed by atoms with E-state index in [0.717, 1.165) is 43.1 Å². The Kier molecular flexibility index (Phi) is 24.5. The van der Waals surface area contributed by atoms with Crippen LogP contribution in [0, 0.1) is 11.8 Å². The van der Waals surface area contributed by atoms with E-state index in [1.807, 2.05) is 18.2 Å². The molecule has 0 N–H and O–H groups in total. The van der Waals surface area contributed by atoms with Crippen molar-refractivity contribution in [1.82, 2.24) is 0 Å². The molecule has 2 heteroatoms. The number of unbranched alkanes of at least 4 members (excludes halogenated alkanes) is 5. The van der Waals surface area contributed by atoms with Crippen LogP contribution in [0.5, 0.6) is 0 Å². The molecule has 1 heterocycles. The number of carbonyl (C=O) groups excluding carboxylic acids is 1. The average molecular weight is 393 g/mol. The Labute approximate surface area is 176 Å². The SMILES string of the molecule is CCCC(C)CC(C)C.CCCCCCC/C=C\C=O.CCCc1ccco1.